The summed E-state index contributed by atoms with van der Waals surface area (Å²) in [6, 6.07) is 9.97. The Hall–Kier alpha value is -3.52. The first-order chi connectivity index (χ1) is 16.7. The third-order valence-electron chi connectivity index (χ3n) is 6.47. The molecule has 1 aromatic carbocycles. The van der Waals surface area contributed by atoms with Crippen molar-refractivity contribution < 1.29 is 19.1 Å². The fourth-order valence-electron chi connectivity index (χ4n) is 4.40. The number of benzene rings is 1. The molecule has 1 aliphatic carbocycles. The van der Waals surface area contributed by atoms with E-state index in [-0.39, 0.29) is 22.8 Å². The van der Waals surface area contributed by atoms with E-state index < -0.39 is 5.97 Å². The van der Waals surface area contributed by atoms with Crippen LogP contribution in [0.3, 0.4) is 0 Å². The molecule has 4 rings (SSSR count). The molecule has 2 amide bonds. The SMILES string of the molecule is COC(=O)c1ccccc1NC(=O)c1c(NC(=O)c2ccncc2)sc2c1CCC(C(C)(C)C)C2. The van der Waals surface area contributed by atoms with Gasteiger partial charge in [-0.25, -0.2) is 4.79 Å². The van der Waals surface area contributed by atoms with Crippen LogP contribution in [-0.2, 0) is 17.6 Å². The quantitative estimate of drug-likeness (QED) is 0.454. The molecule has 2 aromatic heterocycles. The molecule has 3 aromatic rings. The molecule has 0 bridgehead atoms. The van der Waals surface area contributed by atoms with E-state index in [2.05, 4.69) is 36.4 Å². The Balaban J connectivity index is 1.71. The van der Waals surface area contributed by atoms with Crippen LogP contribution in [0.2, 0.25) is 0 Å². The topological polar surface area (TPSA) is 97.4 Å². The number of hydrogen-bond donors (Lipinski definition) is 2. The van der Waals surface area contributed by atoms with Crippen LogP contribution in [0.25, 0.3) is 0 Å². The number of para-hydroxylation sites is 1. The maximum absolute atomic E-state index is 13.6. The second-order valence-electron chi connectivity index (χ2n) is 9.69. The molecule has 0 radical (unpaired) electrons. The number of anilines is 2. The number of rotatable bonds is 5. The molecule has 1 unspecified atom stereocenters. The molecule has 8 heteroatoms. The van der Waals surface area contributed by atoms with Gasteiger partial charge in [0.1, 0.15) is 5.00 Å². The molecule has 0 fully saturated rings. The zero-order valence-corrected chi connectivity index (χ0v) is 21.1. The fourth-order valence-corrected chi connectivity index (χ4v) is 5.72. The molecule has 2 heterocycles. The third kappa shape index (κ3) is 5.27. The highest BCUT2D eigenvalue weighted by atomic mass is 32.1. The van der Waals surface area contributed by atoms with Crippen molar-refractivity contribution >= 4 is 39.8 Å². The molecule has 35 heavy (non-hydrogen) atoms. The lowest BCUT2D eigenvalue weighted by molar-refractivity contribution is 0.0601. The summed E-state index contributed by atoms with van der Waals surface area (Å²) in [6.45, 7) is 6.71. The maximum atomic E-state index is 13.6. The van der Waals surface area contributed by atoms with Crippen molar-refractivity contribution in [3.63, 3.8) is 0 Å². The minimum absolute atomic E-state index is 0.143. The number of aromatic nitrogens is 1. The van der Waals surface area contributed by atoms with Crippen molar-refractivity contribution in [2.75, 3.05) is 17.7 Å². The number of amides is 2. The fraction of sp³-hybridized carbons (Fsp3) is 0.333. The van der Waals surface area contributed by atoms with E-state index in [1.54, 1.807) is 48.8 Å². The van der Waals surface area contributed by atoms with Crippen molar-refractivity contribution in [2.24, 2.45) is 11.3 Å². The Kier molecular flexibility index (Phi) is 7.03. The van der Waals surface area contributed by atoms with Gasteiger partial charge in [-0.15, -0.1) is 11.3 Å². The van der Waals surface area contributed by atoms with Crippen LogP contribution in [0.1, 0.15) is 68.7 Å². The van der Waals surface area contributed by atoms with Gasteiger partial charge in [-0.05, 0) is 60.4 Å². The number of methoxy groups -OCH3 is 1. The lowest BCUT2D eigenvalue weighted by Crippen LogP contribution is -2.27. The monoisotopic (exact) mass is 491 g/mol. The molecule has 0 aliphatic heterocycles. The van der Waals surface area contributed by atoms with Gasteiger partial charge in [0.05, 0.1) is 23.9 Å². The lowest BCUT2D eigenvalue weighted by Gasteiger charge is -2.33. The normalized spacial score (nSPS) is 15.1. The van der Waals surface area contributed by atoms with Crippen molar-refractivity contribution in [2.45, 2.75) is 40.0 Å². The molecular formula is C27H29N3O4S. The molecule has 0 spiro atoms. The second-order valence-corrected chi connectivity index (χ2v) is 10.8. The average molecular weight is 492 g/mol. The Morgan fingerprint density at radius 2 is 1.74 bits per heavy atom. The van der Waals surface area contributed by atoms with Gasteiger partial charge in [0, 0.05) is 22.8 Å². The summed E-state index contributed by atoms with van der Waals surface area (Å²) in [4.78, 5) is 43.8. The zero-order valence-electron chi connectivity index (χ0n) is 20.3. The van der Waals surface area contributed by atoms with Crippen molar-refractivity contribution in [3.8, 4) is 0 Å². The minimum Gasteiger partial charge on any atom is -0.465 e. The number of nitrogens with zero attached hydrogens (tertiary/aromatic N) is 1. The Bertz CT molecular complexity index is 1260. The summed E-state index contributed by atoms with van der Waals surface area (Å²) in [5.41, 5.74) is 2.65. The highest BCUT2D eigenvalue weighted by molar-refractivity contribution is 7.17. The number of thiophene rings is 1. The number of nitrogens with one attached hydrogen (secondary N) is 2. The summed E-state index contributed by atoms with van der Waals surface area (Å²) < 4.78 is 4.86. The van der Waals surface area contributed by atoms with E-state index in [0.29, 0.717) is 27.7 Å². The highest BCUT2D eigenvalue weighted by Crippen LogP contribution is 2.44. The van der Waals surface area contributed by atoms with Crippen molar-refractivity contribution in [1.29, 1.82) is 0 Å². The Morgan fingerprint density at radius 1 is 1.03 bits per heavy atom. The van der Waals surface area contributed by atoms with Crippen LogP contribution in [0, 0.1) is 11.3 Å². The summed E-state index contributed by atoms with van der Waals surface area (Å²) in [5.74, 6) is -0.721. The van der Waals surface area contributed by atoms with E-state index in [1.807, 2.05) is 0 Å². The summed E-state index contributed by atoms with van der Waals surface area (Å²) >= 11 is 1.46. The van der Waals surface area contributed by atoms with E-state index >= 15 is 0 Å². The first-order valence-electron chi connectivity index (χ1n) is 11.5. The molecule has 182 valence electrons. The molecule has 1 atom stereocenters. The third-order valence-corrected chi connectivity index (χ3v) is 7.64. The number of carbonyl (C=O) groups is 3. The minimum atomic E-state index is -0.535. The van der Waals surface area contributed by atoms with Gasteiger partial charge in [-0.3, -0.25) is 14.6 Å². The second kappa shape index (κ2) is 10.00. The van der Waals surface area contributed by atoms with Gasteiger partial charge in [0.15, 0.2) is 0 Å². The van der Waals surface area contributed by atoms with E-state index in [9.17, 15) is 14.4 Å². The van der Waals surface area contributed by atoms with Crippen LogP contribution in [0.5, 0.6) is 0 Å². The summed E-state index contributed by atoms with van der Waals surface area (Å²) in [6.07, 6.45) is 5.68. The number of carbonyl (C=O) groups excluding carboxylic acids is 3. The van der Waals surface area contributed by atoms with Crippen molar-refractivity contribution in [3.05, 3.63) is 75.9 Å². The van der Waals surface area contributed by atoms with Crippen molar-refractivity contribution in [1.82, 2.24) is 4.98 Å². The molecule has 0 saturated carbocycles. The van der Waals surface area contributed by atoms with Crippen LogP contribution in [-0.4, -0.2) is 29.9 Å². The van der Waals surface area contributed by atoms with Gasteiger partial charge >= 0.3 is 5.97 Å². The number of hydrogen-bond acceptors (Lipinski definition) is 6. The number of ether oxygens (including phenoxy) is 1. The van der Waals surface area contributed by atoms with Gasteiger partial charge in [0.25, 0.3) is 11.8 Å². The highest BCUT2D eigenvalue weighted by Gasteiger charge is 2.34. The van der Waals surface area contributed by atoms with E-state index in [1.165, 1.54) is 18.4 Å². The summed E-state index contributed by atoms with van der Waals surface area (Å²) in [5, 5.41) is 6.34. The van der Waals surface area contributed by atoms with Crippen LogP contribution >= 0.6 is 11.3 Å². The molecule has 7 nitrogen and oxygen atoms in total. The summed E-state index contributed by atoms with van der Waals surface area (Å²) in [7, 11) is 1.30. The molecule has 0 saturated heterocycles. The van der Waals surface area contributed by atoms with Gasteiger partial charge < -0.3 is 15.4 Å². The van der Waals surface area contributed by atoms with Crippen LogP contribution in [0.4, 0.5) is 10.7 Å². The standard InChI is InChI=1S/C27H29N3O4S/c1-27(2,3)17-9-10-19-21(15-17)35-25(30-23(31)16-11-13-28-14-12-16)22(19)24(32)29-20-8-6-5-7-18(20)26(33)34-4/h5-8,11-14,17H,9-10,15H2,1-4H3,(H,29,32)(H,30,31). The predicted molar refractivity (Wildman–Crippen MR) is 137 cm³/mol. The Morgan fingerprint density at radius 3 is 2.43 bits per heavy atom. The van der Waals surface area contributed by atoms with E-state index in [4.69, 9.17) is 4.74 Å². The van der Waals surface area contributed by atoms with Gasteiger partial charge in [-0.1, -0.05) is 32.9 Å². The van der Waals surface area contributed by atoms with Crippen LogP contribution in [0.15, 0.2) is 48.8 Å². The first-order valence-corrected chi connectivity index (χ1v) is 12.3. The molecule has 1 aliphatic rings. The van der Waals surface area contributed by atoms with Gasteiger partial charge in [-0.2, -0.15) is 0 Å². The first kappa shape index (κ1) is 24.6. The zero-order chi connectivity index (χ0) is 25.2. The predicted octanol–water partition coefficient (Wildman–Crippen LogP) is 5.59. The number of esters is 1. The molecular weight excluding hydrogens is 462 g/mol. The number of pyridine rings is 1. The maximum Gasteiger partial charge on any atom is 0.339 e. The van der Waals surface area contributed by atoms with Crippen LogP contribution < -0.4 is 10.6 Å². The smallest absolute Gasteiger partial charge is 0.339 e. The average Bonchev–Trinajstić information content (AvgIpc) is 3.21. The van der Waals surface area contributed by atoms with E-state index in [0.717, 1.165) is 29.7 Å². The Labute approximate surface area is 208 Å². The largest absolute Gasteiger partial charge is 0.465 e. The lowest BCUT2D eigenvalue weighted by atomic mass is 9.72. The molecule has 2 N–H and O–H groups in total. The number of fused-ring (bicyclic) bond motifs is 1. The van der Waals surface area contributed by atoms with Gasteiger partial charge in [0.2, 0.25) is 0 Å².